The molecule has 1 unspecified atom stereocenters. The maximum Gasteiger partial charge on any atom is 0.322 e. The predicted molar refractivity (Wildman–Crippen MR) is 105 cm³/mol. The summed E-state index contributed by atoms with van der Waals surface area (Å²) in [4.78, 5) is 28.8. The fraction of sp³-hybridized carbons (Fsp3) is 0.263. The minimum Gasteiger partial charge on any atom is -0.313 e. The lowest BCUT2D eigenvalue weighted by Crippen LogP contribution is -2.47. The minimum absolute atomic E-state index is 0.0783. The third-order valence-corrected chi connectivity index (χ3v) is 4.96. The molecule has 3 rings (SSSR count). The quantitative estimate of drug-likeness (QED) is 0.824. The smallest absolute Gasteiger partial charge is 0.313 e. The number of para-hydroxylation sites is 1. The van der Waals surface area contributed by atoms with Crippen LogP contribution in [0.15, 0.2) is 48.5 Å². The van der Waals surface area contributed by atoms with Crippen LogP contribution in [0.2, 0.25) is 10.0 Å². The molecule has 1 aliphatic rings. The lowest BCUT2D eigenvalue weighted by molar-refractivity contribution is -0.120. The van der Waals surface area contributed by atoms with E-state index in [4.69, 9.17) is 23.2 Å². The number of rotatable bonds is 4. The van der Waals surface area contributed by atoms with E-state index in [0.717, 1.165) is 5.69 Å². The van der Waals surface area contributed by atoms with E-state index >= 15 is 0 Å². The third-order valence-electron chi connectivity index (χ3n) is 4.39. The molecule has 1 saturated heterocycles. The van der Waals surface area contributed by atoms with Gasteiger partial charge < -0.3 is 15.1 Å². The summed E-state index contributed by atoms with van der Waals surface area (Å²) in [6, 6.07) is 13.4. The maximum absolute atomic E-state index is 12.8. The van der Waals surface area contributed by atoms with Crippen molar-refractivity contribution in [1.29, 1.82) is 0 Å². The number of likely N-dealkylation sites (N-methyl/N-ethyl adjacent to an activating group) is 1. The zero-order valence-electron chi connectivity index (χ0n) is 14.3. The lowest BCUT2D eigenvalue weighted by Gasteiger charge is -2.27. The Morgan fingerprint density at radius 1 is 1.23 bits per heavy atom. The number of carbonyl (C=O) groups excluding carboxylic acids is 2. The molecule has 0 radical (unpaired) electrons. The monoisotopic (exact) mass is 391 g/mol. The summed E-state index contributed by atoms with van der Waals surface area (Å²) in [5.41, 5.74) is 1.27. The number of urea groups is 1. The number of anilines is 2. The number of amides is 3. The van der Waals surface area contributed by atoms with Crippen LogP contribution in [0.4, 0.5) is 16.2 Å². The number of hydrogen-bond donors (Lipinski definition) is 1. The third kappa shape index (κ3) is 3.79. The molecular formula is C19H19Cl2N3O2. The molecule has 7 heteroatoms. The minimum atomic E-state index is -0.502. The summed E-state index contributed by atoms with van der Waals surface area (Å²) in [6.45, 7) is 2.83. The standard InChI is InChI=1S/C19H19Cl2N3O2/c1-2-23(19(26)22-16-12-13(20)8-9-15(16)21)17-10-11-24(18(17)25)14-6-4-3-5-7-14/h3-9,12,17H,2,10-11H2,1H3,(H,22,26). The number of halogens is 2. The van der Waals surface area contributed by atoms with Gasteiger partial charge in [0.05, 0.1) is 10.7 Å². The van der Waals surface area contributed by atoms with Gasteiger partial charge in [-0.15, -0.1) is 0 Å². The highest BCUT2D eigenvalue weighted by atomic mass is 35.5. The molecule has 1 heterocycles. The van der Waals surface area contributed by atoms with Crippen molar-refractivity contribution < 1.29 is 9.59 Å². The van der Waals surface area contributed by atoms with Gasteiger partial charge in [0.25, 0.3) is 0 Å². The molecule has 2 aromatic rings. The summed E-state index contributed by atoms with van der Waals surface area (Å²) in [5.74, 6) is -0.0783. The van der Waals surface area contributed by atoms with Crippen LogP contribution in [0.5, 0.6) is 0 Å². The maximum atomic E-state index is 12.8. The van der Waals surface area contributed by atoms with Crippen molar-refractivity contribution in [3.05, 3.63) is 58.6 Å². The molecule has 5 nitrogen and oxygen atoms in total. The second-order valence-electron chi connectivity index (χ2n) is 5.97. The second kappa shape index (κ2) is 7.98. The van der Waals surface area contributed by atoms with Crippen LogP contribution in [-0.4, -0.2) is 36.0 Å². The first-order valence-electron chi connectivity index (χ1n) is 8.40. The van der Waals surface area contributed by atoms with Crippen LogP contribution < -0.4 is 10.2 Å². The van der Waals surface area contributed by atoms with Gasteiger partial charge in [0.2, 0.25) is 5.91 Å². The number of nitrogens with one attached hydrogen (secondary N) is 1. The van der Waals surface area contributed by atoms with Crippen molar-refractivity contribution in [2.45, 2.75) is 19.4 Å². The van der Waals surface area contributed by atoms with Gasteiger partial charge in [-0.3, -0.25) is 4.79 Å². The normalized spacial score (nSPS) is 16.7. The fourth-order valence-corrected chi connectivity index (χ4v) is 3.44. The second-order valence-corrected chi connectivity index (χ2v) is 6.81. The first-order valence-corrected chi connectivity index (χ1v) is 9.16. The van der Waals surface area contributed by atoms with E-state index in [-0.39, 0.29) is 11.9 Å². The van der Waals surface area contributed by atoms with Crippen LogP contribution >= 0.6 is 23.2 Å². The number of benzene rings is 2. The summed E-state index contributed by atoms with van der Waals surface area (Å²) in [7, 11) is 0. The van der Waals surface area contributed by atoms with Gasteiger partial charge in [0, 0.05) is 23.8 Å². The van der Waals surface area contributed by atoms with E-state index in [2.05, 4.69) is 5.32 Å². The average Bonchev–Trinajstić information content (AvgIpc) is 3.01. The van der Waals surface area contributed by atoms with Crippen LogP contribution in [0.3, 0.4) is 0 Å². The summed E-state index contributed by atoms with van der Waals surface area (Å²) < 4.78 is 0. The van der Waals surface area contributed by atoms with E-state index in [1.54, 1.807) is 23.1 Å². The zero-order valence-corrected chi connectivity index (χ0v) is 15.8. The Kier molecular flexibility index (Phi) is 5.69. The lowest BCUT2D eigenvalue weighted by atomic mass is 10.2. The molecule has 1 aliphatic heterocycles. The summed E-state index contributed by atoms with van der Waals surface area (Å²) >= 11 is 12.1. The van der Waals surface area contributed by atoms with Crippen molar-refractivity contribution in [2.24, 2.45) is 0 Å². The van der Waals surface area contributed by atoms with Crippen molar-refractivity contribution >= 4 is 46.5 Å². The Morgan fingerprint density at radius 3 is 2.65 bits per heavy atom. The van der Waals surface area contributed by atoms with Gasteiger partial charge in [-0.2, -0.15) is 0 Å². The molecule has 136 valence electrons. The van der Waals surface area contributed by atoms with Crippen LogP contribution in [0.1, 0.15) is 13.3 Å². The molecule has 0 spiro atoms. The highest BCUT2D eigenvalue weighted by Crippen LogP contribution is 2.28. The molecule has 0 aliphatic carbocycles. The van der Waals surface area contributed by atoms with E-state index < -0.39 is 6.04 Å². The molecule has 1 fully saturated rings. The number of carbonyl (C=O) groups is 2. The van der Waals surface area contributed by atoms with Gasteiger partial charge in [0.15, 0.2) is 0 Å². The van der Waals surface area contributed by atoms with Gasteiger partial charge in [-0.05, 0) is 43.7 Å². The first kappa shape index (κ1) is 18.5. The van der Waals surface area contributed by atoms with Gasteiger partial charge in [0.1, 0.15) is 6.04 Å². The van der Waals surface area contributed by atoms with E-state index in [1.165, 1.54) is 4.90 Å². The first-order chi connectivity index (χ1) is 12.5. The molecule has 0 saturated carbocycles. The fourth-order valence-electron chi connectivity index (χ4n) is 3.10. The highest BCUT2D eigenvalue weighted by molar-refractivity contribution is 6.35. The Labute approximate surface area is 162 Å². The van der Waals surface area contributed by atoms with Crippen molar-refractivity contribution in [2.75, 3.05) is 23.3 Å². The molecule has 3 amide bonds. The van der Waals surface area contributed by atoms with E-state index in [0.29, 0.717) is 35.2 Å². The SMILES string of the molecule is CCN(C(=O)Nc1cc(Cl)ccc1Cl)C1CCN(c2ccccc2)C1=O. The van der Waals surface area contributed by atoms with Crippen LogP contribution in [-0.2, 0) is 4.79 Å². The number of nitrogens with zero attached hydrogens (tertiary/aromatic N) is 2. The predicted octanol–water partition coefficient (Wildman–Crippen LogP) is 4.65. The Morgan fingerprint density at radius 2 is 1.96 bits per heavy atom. The topological polar surface area (TPSA) is 52.7 Å². The van der Waals surface area contributed by atoms with Crippen molar-refractivity contribution in [3.63, 3.8) is 0 Å². The Balaban J connectivity index is 1.75. The van der Waals surface area contributed by atoms with Gasteiger partial charge in [-0.1, -0.05) is 41.4 Å². The van der Waals surface area contributed by atoms with E-state index in [9.17, 15) is 9.59 Å². The van der Waals surface area contributed by atoms with Crippen LogP contribution in [0, 0.1) is 0 Å². The van der Waals surface area contributed by atoms with E-state index in [1.807, 2.05) is 37.3 Å². The largest absolute Gasteiger partial charge is 0.322 e. The van der Waals surface area contributed by atoms with Crippen LogP contribution in [0.25, 0.3) is 0 Å². The molecule has 0 bridgehead atoms. The average molecular weight is 392 g/mol. The molecule has 1 atom stereocenters. The molecule has 2 aromatic carbocycles. The zero-order chi connectivity index (χ0) is 18.7. The Bertz CT molecular complexity index is 814. The summed E-state index contributed by atoms with van der Waals surface area (Å²) in [5, 5.41) is 3.62. The Hall–Kier alpha value is -2.24. The molecule has 26 heavy (non-hydrogen) atoms. The van der Waals surface area contributed by atoms with Crippen molar-refractivity contribution in [3.8, 4) is 0 Å². The van der Waals surface area contributed by atoms with Gasteiger partial charge in [-0.25, -0.2) is 4.79 Å². The van der Waals surface area contributed by atoms with Gasteiger partial charge >= 0.3 is 6.03 Å². The van der Waals surface area contributed by atoms with Crippen molar-refractivity contribution in [1.82, 2.24) is 4.90 Å². The molecule has 0 aromatic heterocycles. The summed E-state index contributed by atoms with van der Waals surface area (Å²) in [6.07, 6.45) is 0.582. The number of hydrogen-bond acceptors (Lipinski definition) is 2. The molecular weight excluding hydrogens is 373 g/mol. The highest BCUT2D eigenvalue weighted by Gasteiger charge is 2.38. The molecule has 1 N–H and O–H groups in total.